The molecule has 2 N–H and O–H groups in total. The fourth-order valence-corrected chi connectivity index (χ4v) is 4.50. The van der Waals surface area contributed by atoms with Crippen LogP contribution in [0.15, 0.2) is 48.7 Å². The molecule has 3 heterocycles. The molecular weight excluding hydrogens is 479 g/mol. The number of pyridine rings is 1. The summed E-state index contributed by atoms with van der Waals surface area (Å²) < 4.78 is 41.1. The van der Waals surface area contributed by atoms with E-state index in [1.54, 1.807) is 18.3 Å². The molecule has 3 aromatic rings. The topological polar surface area (TPSA) is 88.9 Å². The Bertz CT molecular complexity index is 1200. The van der Waals surface area contributed by atoms with Crippen molar-refractivity contribution in [3.63, 3.8) is 0 Å². The molecule has 0 bridgehead atoms. The van der Waals surface area contributed by atoms with Gasteiger partial charge in [-0.05, 0) is 48.9 Å². The molecule has 4 rings (SSSR count). The molecule has 0 radical (unpaired) electrons. The van der Waals surface area contributed by atoms with Crippen molar-refractivity contribution in [3.05, 3.63) is 76.7 Å². The number of nitrogens with one attached hydrogen (secondary N) is 2. The van der Waals surface area contributed by atoms with Gasteiger partial charge in [0.25, 0.3) is 11.8 Å². The lowest BCUT2D eigenvalue weighted by Crippen LogP contribution is -2.42. The second kappa shape index (κ2) is 10.5. The van der Waals surface area contributed by atoms with Crippen LogP contribution < -0.4 is 10.0 Å². The van der Waals surface area contributed by atoms with Gasteiger partial charge in [-0.3, -0.25) is 14.3 Å². The molecule has 2 amide bonds. The van der Waals surface area contributed by atoms with E-state index in [0.29, 0.717) is 36.3 Å². The highest BCUT2D eigenvalue weighted by Crippen LogP contribution is 2.26. The van der Waals surface area contributed by atoms with Gasteiger partial charge in [-0.1, -0.05) is 36.4 Å². The van der Waals surface area contributed by atoms with Crippen molar-refractivity contribution in [2.45, 2.75) is 44.8 Å². The predicted octanol–water partition coefficient (Wildman–Crippen LogP) is 4.19. The van der Waals surface area contributed by atoms with Crippen molar-refractivity contribution in [3.8, 4) is 5.82 Å². The van der Waals surface area contributed by atoms with Crippen molar-refractivity contribution in [2.24, 2.45) is 0 Å². The average molecular weight is 504 g/mol. The Morgan fingerprint density at radius 2 is 2.00 bits per heavy atom. The highest BCUT2D eigenvalue weighted by Gasteiger charge is 2.35. The van der Waals surface area contributed by atoms with Gasteiger partial charge in [0.15, 0.2) is 5.82 Å². The van der Waals surface area contributed by atoms with E-state index in [9.17, 15) is 22.8 Å². The van der Waals surface area contributed by atoms with Crippen molar-refractivity contribution < 1.29 is 22.8 Å². The fourth-order valence-electron chi connectivity index (χ4n) is 3.84. The molecule has 1 aliphatic heterocycles. The lowest BCUT2D eigenvalue weighted by Gasteiger charge is -2.23. The first-order chi connectivity index (χ1) is 16.7. The first-order valence-electron chi connectivity index (χ1n) is 11.1. The van der Waals surface area contributed by atoms with E-state index in [2.05, 4.69) is 20.1 Å². The van der Waals surface area contributed by atoms with E-state index in [1.165, 1.54) is 4.68 Å². The van der Waals surface area contributed by atoms with Crippen LogP contribution in [0.4, 0.5) is 13.2 Å². The lowest BCUT2D eigenvalue weighted by molar-refractivity contribution is -0.129. The summed E-state index contributed by atoms with van der Waals surface area (Å²) in [5.74, 6) is -1.15. The van der Waals surface area contributed by atoms with Crippen LogP contribution >= 0.6 is 11.9 Å². The third-order valence-corrected chi connectivity index (χ3v) is 6.30. The first kappa shape index (κ1) is 24.8. The van der Waals surface area contributed by atoms with E-state index in [4.69, 9.17) is 0 Å². The molecule has 184 valence electrons. The highest BCUT2D eigenvalue weighted by atomic mass is 32.2. The zero-order chi connectivity index (χ0) is 25.0. The van der Waals surface area contributed by atoms with Gasteiger partial charge in [-0.2, -0.15) is 18.3 Å². The molecule has 2 aromatic heterocycles. The number of aromatic nitrogens is 3. The van der Waals surface area contributed by atoms with Crippen molar-refractivity contribution in [1.82, 2.24) is 24.8 Å². The molecule has 11 heteroatoms. The van der Waals surface area contributed by atoms with Gasteiger partial charge in [0.05, 0.1) is 17.7 Å². The predicted molar refractivity (Wildman–Crippen MR) is 126 cm³/mol. The largest absolute Gasteiger partial charge is 0.389 e. The molecular formula is C24H24F3N5O2S. The number of benzene rings is 1. The van der Waals surface area contributed by atoms with Crippen LogP contribution in [-0.2, 0) is 12.8 Å². The maximum atomic E-state index is 13.1. The van der Waals surface area contributed by atoms with E-state index in [0.717, 1.165) is 17.5 Å². The quantitative estimate of drug-likeness (QED) is 0.356. The van der Waals surface area contributed by atoms with Gasteiger partial charge in [-0.15, -0.1) is 0 Å². The molecule has 1 atom stereocenters. The Hall–Kier alpha value is -3.34. The number of nitrogens with zero attached hydrogens (tertiary/aromatic N) is 3. The third kappa shape index (κ3) is 6.21. The number of rotatable bonds is 8. The Labute approximate surface area is 204 Å². The van der Waals surface area contributed by atoms with E-state index >= 15 is 0 Å². The number of carbonyl (C=O) groups excluding carboxylic acids is 2. The maximum Gasteiger partial charge on any atom is 0.389 e. The Kier molecular flexibility index (Phi) is 7.44. The fraction of sp³-hybridized carbons (Fsp3) is 0.333. The molecule has 0 saturated carbocycles. The summed E-state index contributed by atoms with van der Waals surface area (Å²) in [5, 5.41) is 7.49. The van der Waals surface area contributed by atoms with Gasteiger partial charge in [0, 0.05) is 24.4 Å². The Balaban J connectivity index is 1.58. The summed E-state index contributed by atoms with van der Waals surface area (Å²) in [4.78, 5) is 30.4. The van der Waals surface area contributed by atoms with Crippen molar-refractivity contribution in [1.29, 1.82) is 0 Å². The lowest BCUT2D eigenvalue weighted by atomic mass is 9.95. The van der Waals surface area contributed by atoms with E-state index in [1.807, 2.05) is 37.3 Å². The van der Waals surface area contributed by atoms with E-state index in [-0.39, 0.29) is 23.1 Å². The number of fused-ring (bicyclic) bond motifs is 1. The summed E-state index contributed by atoms with van der Waals surface area (Å²) in [6.07, 6.45) is -1.87. The number of hydrogen-bond donors (Lipinski definition) is 2. The average Bonchev–Trinajstić information content (AvgIpc) is 3.21. The molecule has 0 fully saturated rings. The van der Waals surface area contributed by atoms with Crippen LogP contribution in [0, 0.1) is 6.92 Å². The molecule has 0 saturated heterocycles. The monoisotopic (exact) mass is 503 g/mol. The van der Waals surface area contributed by atoms with Crippen LogP contribution in [0.25, 0.3) is 5.82 Å². The molecule has 0 spiro atoms. The van der Waals surface area contributed by atoms with Gasteiger partial charge < -0.3 is 5.32 Å². The molecule has 0 aliphatic carbocycles. The summed E-state index contributed by atoms with van der Waals surface area (Å²) in [7, 11) is 0. The minimum absolute atomic E-state index is 0.0464. The second-order valence-electron chi connectivity index (χ2n) is 8.32. The first-order valence-corrected chi connectivity index (χ1v) is 12.1. The highest BCUT2D eigenvalue weighted by molar-refractivity contribution is 7.97. The third-order valence-electron chi connectivity index (χ3n) is 5.56. The number of hydrogen-bond acceptors (Lipinski definition) is 5. The van der Waals surface area contributed by atoms with Crippen LogP contribution in [0.2, 0.25) is 0 Å². The maximum absolute atomic E-state index is 13.1. The summed E-state index contributed by atoms with van der Waals surface area (Å²) in [5.41, 5.74) is 2.59. The van der Waals surface area contributed by atoms with Crippen molar-refractivity contribution in [2.75, 3.05) is 5.75 Å². The SMILES string of the molecule is Cc1ccc(-n2nc3c(c2C(=O)NSCCC(F)(F)F)C(=O)NC(CCc2ccccc2)C3)nc1. The molecule has 1 aromatic carbocycles. The van der Waals surface area contributed by atoms with Gasteiger partial charge in [-0.25, -0.2) is 9.67 Å². The molecule has 35 heavy (non-hydrogen) atoms. The summed E-state index contributed by atoms with van der Waals surface area (Å²) >= 11 is 0.638. The normalized spacial score (nSPS) is 15.4. The van der Waals surface area contributed by atoms with Gasteiger partial charge in [0.1, 0.15) is 5.69 Å². The minimum Gasteiger partial charge on any atom is -0.349 e. The Morgan fingerprint density at radius 1 is 1.23 bits per heavy atom. The van der Waals surface area contributed by atoms with Gasteiger partial charge >= 0.3 is 6.18 Å². The number of amides is 2. The molecule has 7 nitrogen and oxygen atoms in total. The smallest absolute Gasteiger partial charge is 0.349 e. The standard InChI is InChI=1S/C24H24F3N5O2S/c1-15-7-10-19(28-14-15)32-21(23(34)31-35-12-11-24(25,26)27)20-18(30-32)13-17(29-22(20)33)9-8-16-5-3-2-4-6-16/h2-7,10,14,17H,8-9,11-13H2,1H3,(H,29,33)(H,31,34). The molecule has 1 unspecified atom stereocenters. The Morgan fingerprint density at radius 3 is 2.69 bits per heavy atom. The second-order valence-corrected chi connectivity index (χ2v) is 9.22. The minimum atomic E-state index is -4.32. The van der Waals surface area contributed by atoms with Crippen LogP contribution in [0.5, 0.6) is 0 Å². The van der Waals surface area contributed by atoms with Crippen molar-refractivity contribution >= 4 is 23.8 Å². The number of carbonyl (C=O) groups is 2. The van der Waals surface area contributed by atoms with E-state index < -0.39 is 24.4 Å². The number of halogens is 3. The zero-order valence-corrected chi connectivity index (χ0v) is 19.7. The van der Waals surface area contributed by atoms with Gasteiger partial charge in [0.2, 0.25) is 0 Å². The van der Waals surface area contributed by atoms with Crippen LogP contribution in [0.3, 0.4) is 0 Å². The summed E-state index contributed by atoms with van der Waals surface area (Å²) in [6.45, 7) is 1.86. The zero-order valence-electron chi connectivity index (χ0n) is 18.9. The van der Waals surface area contributed by atoms with Crippen LogP contribution in [0.1, 0.15) is 50.5 Å². The van der Waals surface area contributed by atoms with Crippen LogP contribution in [-0.4, -0.2) is 44.5 Å². The molecule has 1 aliphatic rings. The number of alkyl halides is 3. The summed E-state index contributed by atoms with van der Waals surface area (Å²) in [6, 6.07) is 13.2. The number of aryl methyl sites for hydroxylation is 2.